The molecular formula is C11H23N. The molecule has 1 nitrogen and oxygen atoms in total. The van der Waals surface area contributed by atoms with Crippen molar-refractivity contribution in [2.75, 3.05) is 0 Å². The van der Waals surface area contributed by atoms with Crippen LogP contribution in [0.1, 0.15) is 58.3 Å². The van der Waals surface area contributed by atoms with E-state index in [9.17, 15) is 0 Å². The lowest BCUT2D eigenvalue weighted by Gasteiger charge is -2.21. The molecule has 1 saturated carbocycles. The van der Waals surface area contributed by atoms with E-state index in [0.29, 0.717) is 6.04 Å². The Morgan fingerprint density at radius 1 is 1.17 bits per heavy atom. The van der Waals surface area contributed by atoms with Gasteiger partial charge in [0.25, 0.3) is 0 Å². The first kappa shape index (κ1) is 10.0. The third-order valence-corrected chi connectivity index (χ3v) is 3.13. The van der Waals surface area contributed by atoms with E-state index in [1.807, 2.05) is 0 Å². The minimum Gasteiger partial charge on any atom is -0.327 e. The van der Waals surface area contributed by atoms with E-state index >= 15 is 0 Å². The molecule has 72 valence electrons. The molecule has 1 fully saturated rings. The Bertz CT molecular complexity index is 104. The van der Waals surface area contributed by atoms with Gasteiger partial charge in [0.05, 0.1) is 0 Å². The summed E-state index contributed by atoms with van der Waals surface area (Å²) in [7, 11) is 0. The summed E-state index contributed by atoms with van der Waals surface area (Å²) in [5.41, 5.74) is 6.13. The quantitative estimate of drug-likeness (QED) is 0.645. The summed E-state index contributed by atoms with van der Waals surface area (Å²) < 4.78 is 0. The molecule has 12 heavy (non-hydrogen) atoms. The summed E-state index contributed by atoms with van der Waals surface area (Å²) in [6, 6.07) is 0.494. The first-order valence-corrected chi connectivity index (χ1v) is 5.60. The van der Waals surface area contributed by atoms with Crippen LogP contribution in [0.25, 0.3) is 0 Å². The maximum Gasteiger partial charge on any atom is 0.00670 e. The first-order valence-electron chi connectivity index (χ1n) is 5.60. The van der Waals surface area contributed by atoms with Crippen LogP contribution in [-0.4, -0.2) is 6.04 Å². The first-order chi connectivity index (χ1) is 5.84. The maximum atomic E-state index is 6.13. The van der Waals surface area contributed by atoms with Gasteiger partial charge in [-0.1, -0.05) is 39.0 Å². The maximum absolute atomic E-state index is 6.13. The lowest BCUT2D eigenvalue weighted by Crippen LogP contribution is -2.29. The molecule has 1 aliphatic carbocycles. The van der Waals surface area contributed by atoms with Crippen molar-refractivity contribution in [2.24, 2.45) is 11.7 Å². The van der Waals surface area contributed by atoms with Gasteiger partial charge in [-0.3, -0.25) is 0 Å². The Kier molecular flexibility index (Phi) is 4.67. The van der Waals surface area contributed by atoms with Gasteiger partial charge in [0.1, 0.15) is 0 Å². The standard InChI is InChI=1S/C11H23N/c1-2-7-11(12)10-8-5-3-4-6-9-10/h10-11H,2-9,12H2,1H3. The largest absolute Gasteiger partial charge is 0.327 e. The molecule has 0 aliphatic heterocycles. The fourth-order valence-corrected chi connectivity index (χ4v) is 2.31. The molecule has 0 bridgehead atoms. The third kappa shape index (κ3) is 3.14. The van der Waals surface area contributed by atoms with Crippen LogP contribution in [0.4, 0.5) is 0 Å². The molecule has 0 heterocycles. The van der Waals surface area contributed by atoms with Crippen molar-refractivity contribution in [2.45, 2.75) is 64.3 Å². The van der Waals surface area contributed by atoms with E-state index in [1.165, 1.54) is 51.4 Å². The zero-order chi connectivity index (χ0) is 8.81. The van der Waals surface area contributed by atoms with Gasteiger partial charge in [0.2, 0.25) is 0 Å². The molecule has 1 aliphatic rings. The van der Waals surface area contributed by atoms with Gasteiger partial charge in [-0.25, -0.2) is 0 Å². The Hall–Kier alpha value is -0.0400. The summed E-state index contributed by atoms with van der Waals surface area (Å²) in [6.07, 6.45) is 11.0. The molecule has 1 atom stereocenters. The highest BCUT2D eigenvalue weighted by Crippen LogP contribution is 2.26. The normalized spacial score (nSPS) is 23.5. The Labute approximate surface area is 76.7 Å². The Balaban J connectivity index is 2.27. The molecule has 0 aromatic carbocycles. The van der Waals surface area contributed by atoms with Crippen molar-refractivity contribution in [3.8, 4) is 0 Å². The van der Waals surface area contributed by atoms with Crippen LogP contribution in [0.2, 0.25) is 0 Å². The predicted molar refractivity (Wildman–Crippen MR) is 54.1 cm³/mol. The van der Waals surface area contributed by atoms with Gasteiger partial charge in [0, 0.05) is 6.04 Å². The highest BCUT2D eigenvalue weighted by molar-refractivity contribution is 4.74. The molecule has 0 amide bonds. The predicted octanol–water partition coefficient (Wildman–Crippen LogP) is 3.08. The second kappa shape index (κ2) is 5.58. The summed E-state index contributed by atoms with van der Waals surface area (Å²) in [5, 5.41) is 0. The highest BCUT2D eigenvalue weighted by atomic mass is 14.6. The smallest absolute Gasteiger partial charge is 0.00670 e. The van der Waals surface area contributed by atoms with Crippen LogP contribution in [0.15, 0.2) is 0 Å². The van der Waals surface area contributed by atoms with Crippen LogP contribution < -0.4 is 5.73 Å². The average molecular weight is 169 g/mol. The minimum atomic E-state index is 0.494. The molecule has 2 N–H and O–H groups in total. The second-order valence-electron chi connectivity index (χ2n) is 4.20. The van der Waals surface area contributed by atoms with Crippen LogP contribution >= 0.6 is 0 Å². The van der Waals surface area contributed by atoms with Crippen molar-refractivity contribution in [1.82, 2.24) is 0 Å². The monoisotopic (exact) mass is 169 g/mol. The lowest BCUT2D eigenvalue weighted by molar-refractivity contribution is 0.357. The van der Waals surface area contributed by atoms with Crippen LogP contribution in [0.5, 0.6) is 0 Å². The summed E-state index contributed by atoms with van der Waals surface area (Å²) in [5.74, 6) is 0.840. The highest BCUT2D eigenvalue weighted by Gasteiger charge is 2.18. The van der Waals surface area contributed by atoms with E-state index in [1.54, 1.807) is 0 Å². The SMILES string of the molecule is CCCC(N)C1CCCCCC1. The van der Waals surface area contributed by atoms with E-state index < -0.39 is 0 Å². The van der Waals surface area contributed by atoms with Gasteiger partial charge < -0.3 is 5.73 Å². The Morgan fingerprint density at radius 3 is 2.25 bits per heavy atom. The van der Waals surface area contributed by atoms with Crippen molar-refractivity contribution in [3.05, 3.63) is 0 Å². The molecular weight excluding hydrogens is 146 g/mol. The van der Waals surface area contributed by atoms with Crippen molar-refractivity contribution in [1.29, 1.82) is 0 Å². The number of nitrogens with two attached hydrogens (primary N) is 1. The molecule has 1 rings (SSSR count). The van der Waals surface area contributed by atoms with E-state index in [-0.39, 0.29) is 0 Å². The summed E-state index contributed by atoms with van der Waals surface area (Å²) in [6.45, 7) is 2.23. The number of hydrogen-bond donors (Lipinski definition) is 1. The summed E-state index contributed by atoms with van der Waals surface area (Å²) in [4.78, 5) is 0. The second-order valence-corrected chi connectivity index (χ2v) is 4.20. The fraction of sp³-hybridized carbons (Fsp3) is 1.00. The molecule has 1 unspecified atom stereocenters. The van der Waals surface area contributed by atoms with Gasteiger partial charge in [-0.05, 0) is 25.2 Å². The van der Waals surface area contributed by atoms with Crippen molar-refractivity contribution >= 4 is 0 Å². The molecule has 0 saturated heterocycles. The Morgan fingerprint density at radius 2 is 1.75 bits per heavy atom. The molecule has 0 spiro atoms. The fourth-order valence-electron chi connectivity index (χ4n) is 2.31. The molecule has 1 heteroatoms. The van der Waals surface area contributed by atoms with Crippen LogP contribution in [-0.2, 0) is 0 Å². The van der Waals surface area contributed by atoms with Gasteiger partial charge >= 0.3 is 0 Å². The van der Waals surface area contributed by atoms with E-state index in [4.69, 9.17) is 5.73 Å². The van der Waals surface area contributed by atoms with Crippen molar-refractivity contribution in [3.63, 3.8) is 0 Å². The molecule has 0 aromatic rings. The van der Waals surface area contributed by atoms with Crippen molar-refractivity contribution < 1.29 is 0 Å². The summed E-state index contributed by atoms with van der Waals surface area (Å²) >= 11 is 0. The topological polar surface area (TPSA) is 26.0 Å². The van der Waals surface area contributed by atoms with E-state index in [2.05, 4.69) is 6.92 Å². The third-order valence-electron chi connectivity index (χ3n) is 3.13. The average Bonchev–Trinajstić information content (AvgIpc) is 2.32. The van der Waals surface area contributed by atoms with Gasteiger partial charge in [-0.2, -0.15) is 0 Å². The number of hydrogen-bond acceptors (Lipinski definition) is 1. The van der Waals surface area contributed by atoms with Crippen LogP contribution in [0.3, 0.4) is 0 Å². The number of rotatable bonds is 3. The zero-order valence-electron chi connectivity index (χ0n) is 8.39. The molecule has 0 aromatic heterocycles. The van der Waals surface area contributed by atoms with Gasteiger partial charge in [-0.15, -0.1) is 0 Å². The van der Waals surface area contributed by atoms with E-state index in [0.717, 1.165) is 5.92 Å². The zero-order valence-corrected chi connectivity index (χ0v) is 8.39. The van der Waals surface area contributed by atoms with Crippen LogP contribution in [0, 0.1) is 5.92 Å². The minimum absolute atomic E-state index is 0.494. The molecule has 0 radical (unpaired) electrons. The van der Waals surface area contributed by atoms with Gasteiger partial charge in [0.15, 0.2) is 0 Å². The lowest BCUT2D eigenvalue weighted by atomic mass is 9.90.